The molecular formula is C18H19N3OS. The third-order valence-electron chi connectivity index (χ3n) is 3.52. The van der Waals surface area contributed by atoms with Crippen LogP contribution in [0.4, 0.5) is 0 Å². The fraction of sp³-hybridized carbons (Fsp3) is 0.222. The van der Waals surface area contributed by atoms with E-state index in [1.165, 1.54) is 11.1 Å². The van der Waals surface area contributed by atoms with Gasteiger partial charge in [-0.3, -0.25) is 4.57 Å². The molecule has 1 aromatic heterocycles. The van der Waals surface area contributed by atoms with Crippen LogP contribution < -0.4 is 4.74 Å². The quantitative estimate of drug-likeness (QED) is 0.506. The number of hydrogen-bond donors (Lipinski definition) is 0. The molecule has 0 amide bonds. The molecule has 0 unspecified atom stereocenters. The lowest BCUT2D eigenvalue weighted by molar-refractivity contribution is 0.339. The summed E-state index contributed by atoms with van der Waals surface area (Å²) in [6.45, 7) is 4.78. The van der Waals surface area contributed by atoms with E-state index in [4.69, 9.17) is 4.74 Å². The summed E-state index contributed by atoms with van der Waals surface area (Å²) in [4.78, 5) is 0. The Morgan fingerprint density at radius 1 is 1.00 bits per heavy atom. The van der Waals surface area contributed by atoms with Crippen molar-refractivity contribution in [3.63, 3.8) is 0 Å². The molecule has 1 heterocycles. The molecule has 0 aliphatic heterocycles. The van der Waals surface area contributed by atoms with E-state index < -0.39 is 0 Å². The molecule has 2 aromatic carbocycles. The first-order valence-electron chi connectivity index (χ1n) is 7.53. The van der Waals surface area contributed by atoms with Crippen molar-refractivity contribution >= 4 is 11.8 Å². The van der Waals surface area contributed by atoms with Gasteiger partial charge in [-0.05, 0) is 37.1 Å². The van der Waals surface area contributed by atoms with E-state index in [0.717, 1.165) is 22.3 Å². The molecule has 3 aromatic rings. The smallest absolute Gasteiger partial charge is 0.195 e. The summed E-state index contributed by atoms with van der Waals surface area (Å²) >= 11 is 1.64. The molecule has 0 aliphatic carbocycles. The highest BCUT2D eigenvalue weighted by Crippen LogP contribution is 2.23. The van der Waals surface area contributed by atoms with Crippen LogP contribution in [0, 0.1) is 13.8 Å². The van der Waals surface area contributed by atoms with Gasteiger partial charge < -0.3 is 4.74 Å². The van der Waals surface area contributed by atoms with Gasteiger partial charge in [0.1, 0.15) is 12.1 Å². The molecule has 0 radical (unpaired) electrons. The number of rotatable bonds is 6. The SMILES string of the molecule is Cc1cccc(C)c1OCCSc1nncn1-c1ccccc1. The predicted molar refractivity (Wildman–Crippen MR) is 93.5 cm³/mol. The predicted octanol–water partition coefficient (Wildman–Crippen LogP) is 4.06. The maximum Gasteiger partial charge on any atom is 0.195 e. The van der Waals surface area contributed by atoms with Crippen LogP contribution in [-0.2, 0) is 0 Å². The molecule has 0 saturated carbocycles. The van der Waals surface area contributed by atoms with Crippen LogP contribution in [0.15, 0.2) is 60.0 Å². The Morgan fingerprint density at radius 3 is 2.48 bits per heavy atom. The van der Waals surface area contributed by atoms with Gasteiger partial charge in [0.25, 0.3) is 0 Å². The van der Waals surface area contributed by atoms with E-state index in [1.54, 1.807) is 18.1 Å². The van der Waals surface area contributed by atoms with Gasteiger partial charge in [-0.15, -0.1) is 10.2 Å². The van der Waals surface area contributed by atoms with Gasteiger partial charge in [-0.25, -0.2) is 0 Å². The Morgan fingerprint density at radius 2 is 1.74 bits per heavy atom. The van der Waals surface area contributed by atoms with Gasteiger partial charge in [0.2, 0.25) is 0 Å². The number of aromatic nitrogens is 3. The Hall–Kier alpha value is -2.27. The molecule has 5 heteroatoms. The third-order valence-corrected chi connectivity index (χ3v) is 4.43. The van der Waals surface area contributed by atoms with Crippen LogP contribution in [-0.4, -0.2) is 27.1 Å². The summed E-state index contributed by atoms with van der Waals surface area (Å²) in [5.74, 6) is 1.80. The number of benzene rings is 2. The first-order valence-corrected chi connectivity index (χ1v) is 8.51. The highest BCUT2D eigenvalue weighted by atomic mass is 32.2. The number of thioether (sulfide) groups is 1. The average molecular weight is 325 g/mol. The normalized spacial score (nSPS) is 10.7. The van der Waals surface area contributed by atoms with E-state index in [0.29, 0.717) is 6.61 Å². The first-order chi connectivity index (χ1) is 11.3. The fourth-order valence-corrected chi connectivity index (χ4v) is 3.14. The lowest BCUT2D eigenvalue weighted by Crippen LogP contribution is -2.04. The molecular weight excluding hydrogens is 306 g/mol. The maximum atomic E-state index is 5.93. The van der Waals surface area contributed by atoms with Crippen molar-refractivity contribution in [2.45, 2.75) is 19.0 Å². The summed E-state index contributed by atoms with van der Waals surface area (Å²) in [5.41, 5.74) is 3.40. The van der Waals surface area contributed by atoms with Crippen molar-refractivity contribution in [3.05, 3.63) is 66.0 Å². The van der Waals surface area contributed by atoms with Crippen LogP contribution in [0.2, 0.25) is 0 Å². The van der Waals surface area contributed by atoms with Crippen LogP contribution in [0.3, 0.4) is 0 Å². The Kier molecular flexibility index (Phi) is 4.98. The van der Waals surface area contributed by atoms with Crippen molar-refractivity contribution in [3.8, 4) is 11.4 Å². The molecule has 0 saturated heterocycles. The average Bonchev–Trinajstić information content (AvgIpc) is 3.03. The molecule has 0 N–H and O–H groups in total. The standard InChI is InChI=1S/C18H19N3OS/c1-14-7-6-8-15(2)17(14)22-11-12-23-18-20-19-13-21(18)16-9-4-3-5-10-16/h3-10,13H,11-12H2,1-2H3. The summed E-state index contributed by atoms with van der Waals surface area (Å²) in [6, 6.07) is 16.3. The minimum absolute atomic E-state index is 0.637. The van der Waals surface area contributed by atoms with E-state index in [1.807, 2.05) is 34.9 Å². The molecule has 0 spiro atoms. The number of hydrogen-bond acceptors (Lipinski definition) is 4. The van der Waals surface area contributed by atoms with Crippen LogP contribution in [0.5, 0.6) is 5.75 Å². The molecule has 0 bridgehead atoms. The minimum Gasteiger partial charge on any atom is -0.492 e. The second-order valence-electron chi connectivity index (χ2n) is 5.24. The second kappa shape index (κ2) is 7.33. The fourth-order valence-electron chi connectivity index (χ4n) is 2.39. The molecule has 23 heavy (non-hydrogen) atoms. The van der Waals surface area contributed by atoms with E-state index in [-0.39, 0.29) is 0 Å². The maximum absolute atomic E-state index is 5.93. The van der Waals surface area contributed by atoms with Crippen molar-refractivity contribution in [1.82, 2.24) is 14.8 Å². The van der Waals surface area contributed by atoms with Crippen molar-refractivity contribution in [2.75, 3.05) is 12.4 Å². The number of nitrogens with zero attached hydrogens (tertiary/aromatic N) is 3. The van der Waals surface area contributed by atoms with Crippen molar-refractivity contribution < 1.29 is 4.74 Å². The number of aryl methyl sites for hydroxylation is 2. The third kappa shape index (κ3) is 3.74. The lowest BCUT2D eigenvalue weighted by atomic mass is 10.1. The molecule has 118 valence electrons. The lowest BCUT2D eigenvalue weighted by Gasteiger charge is -2.11. The largest absolute Gasteiger partial charge is 0.492 e. The van der Waals surface area contributed by atoms with E-state index in [2.05, 4.69) is 42.2 Å². The van der Waals surface area contributed by atoms with Gasteiger partial charge >= 0.3 is 0 Å². The van der Waals surface area contributed by atoms with Gasteiger partial charge in [0.15, 0.2) is 5.16 Å². The Bertz CT molecular complexity index is 751. The summed E-state index contributed by atoms with van der Waals surface area (Å²) in [6.07, 6.45) is 1.74. The van der Waals surface area contributed by atoms with Gasteiger partial charge in [-0.1, -0.05) is 48.2 Å². The van der Waals surface area contributed by atoms with Gasteiger partial charge in [0, 0.05) is 11.4 Å². The van der Waals surface area contributed by atoms with Gasteiger partial charge in [-0.2, -0.15) is 0 Å². The highest BCUT2D eigenvalue weighted by Gasteiger charge is 2.08. The zero-order valence-electron chi connectivity index (χ0n) is 13.3. The zero-order valence-corrected chi connectivity index (χ0v) is 14.1. The summed E-state index contributed by atoms with van der Waals surface area (Å²) in [5, 5.41) is 9.08. The van der Waals surface area contributed by atoms with Crippen molar-refractivity contribution in [1.29, 1.82) is 0 Å². The second-order valence-corrected chi connectivity index (χ2v) is 6.30. The number of ether oxygens (including phenoxy) is 1. The molecule has 4 nitrogen and oxygen atoms in total. The molecule has 0 fully saturated rings. The van der Waals surface area contributed by atoms with E-state index in [9.17, 15) is 0 Å². The summed E-state index contributed by atoms with van der Waals surface area (Å²) in [7, 11) is 0. The van der Waals surface area contributed by atoms with Crippen LogP contribution in [0.25, 0.3) is 5.69 Å². The van der Waals surface area contributed by atoms with Crippen LogP contribution in [0.1, 0.15) is 11.1 Å². The highest BCUT2D eigenvalue weighted by molar-refractivity contribution is 7.99. The van der Waals surface area contributed by atoms with E-state index >= 15 is 0 Å². The van der Waals surface area contributed by atoms with Crippen LogP contribution >= 0.6 is 11.8 Å². The summed E-state index contributed by atoms with van der Waals surface area (Å²) < 4.78 is 7.92. The molecule has 0 atom stereocenters. The Labute approximate surface area is 140 Å². The topological polar surface area (TPSA) is 39.9 Å². The van der Waals surface area contributed by atoms with Crippen molar-refractivity contribution in [2.24, 2.45) is 0 Å². The zero-order chi connectivity index (χ0) is 16.1. The Balaban J connectivity index is 1.59. The molecule has 0 aliphatic rings. The first kappa shape index (κ1) is 15.6. The number of para-hydroxylation sites is 2. The monoisotopic (exact) mass is 325 g/mol. The molecule has 3 rings (SSSR count). The van der Waals surface area contributed by atoms with Gasteiger partial charge in [0.05, 0.1) is 6.61 Å². The minimum atomic E-state index is 0.637.